The third-order valence-corrected chi connectivity index (χ3v) is 7.17. The predicted molar refractivity (Wildman–Crippen MR) is 103 cm³/mol. The van der Waals surface area contributed by atoms with E-state index in [9.17, 15) is 13.5 Å². The molecule has 25 heavy (non-hydrogen) atoms. The normalized spacial score (nSPS) is 23.0. The van der Waals surface area contributed by atoms with Gasteiger partial charge in [-0.05, 0) is 26.2 Å². The monoisotopic (exact) mass is 406 g/mol. The van der Waals surface area contributed by atoms with Gasteiger partial charge in [-0.3, -0.25) is 4.99 Å². The molecule has 1 aromatic carbocycles. The first-order valence-corrected chi connectivity index (χ1v) is 10.5. The zero-order chi connectivity index (χ0) is 18.8. The van der Waals surface area contributed by atoms with E-state index in [1.54, 1.807) is 25.1 Å². The molecule has 1 heterocycles. The molecule has 140 valence electrons. The molecule has 0 saturated carbocycles. The number of aliphatic imine (C=N–C) groups is 1. The molecule has 1 atom stereocenters. The van der Waals surface area contributed by atoms with E-state index in [1.165, 1.54) is 23.9 Å². The second-order valence-electron chi connectivity index (χ2n) is 6.02. The number of hydrogen-bond acceptors (Lipinski definition) is 6. The molecule has 0 amide bonds. The first kappa shape index (κ1) is 20.5. The smallest absolute Gasteiger partial charge is 0.242 e. The van der Waals surface area contributed by atoms with Crippen LogP contribution in [0.4, 0.5) is 0 Å². The minimum atomic E-state index is -3.78. The zero-order valence-electron chi connectivity index (χ0n) is 14.7. The van der Waals surface area contributed by atoms with Crippen molar-refractivity contribution in [1.29, 1.82) is 0 Å². The lowest BCUT2D eigenvalue weighted by atomic mass is 10.0. The van der Waals surface area contributed by atoms with Gasteiger partial charge in [0.05, 0.1) is 10.8 Å². The summed E-state index contributed by atoms with van der Waals surface area (Å²) in [4.78, 5) is 7.59. The fourth-order valence-corrected chi connectivity index (χ4v) is 5.16. The average Bonchev–Trinajstić information content (AvgIpc) is 2.83. The first-order valence-electron chi connectivity index (χ1n) is 7.62. The van der Waals surface area contributed by atoms with Gasteiger partial charge in [0.15, 0.2) is 10.9 Å². The van der Waals surface area contributed by atoms with Crippen LogP contribution in [0.15, 0.2) is 28.1 Å². The standard InChI is InChI=1S/C15H23ClN4O3S2/c1-17-14-20(4)15(21,10-24-14)11-5-6-12(16)13(9-11)25(22,23)18-7-8-19(2)3/h5-6,9,18,21H,7-8,10H2,1-4H3. The lowest BCUT2D eigenvalue weighted by Crippen LogP contribution is -2.42. The highest BCUT2D eigenvalue weighted by atomic mass is 35.5. The molecule has 10 heteroatoms. The quantitative estimate of drug-likeness (QED) is 0.732. The van der Waals surface area contributed by atoms with Crippen LogP contribution in [-0.4, -0.2) is 75.5 Å². The van der Waals surface area contributed by atoms with Crippen LogP contribution in [0.5, 0.6) is 0 Å². The van der Waals surface area contributed by atoms with E-state index in [1.807, 2.05) is 19.0 Å². The molecule has 0 spiro atoms. The minimum absolute atomic E-state index is 0.0425. The van der Waals surface area contributed by atoms with Crippen molar-refractivity contribution in [3.63, 3.8) is 0 Å². The number of halogens is 1. The van der Waals surface area contributed by atoms with E-state index in [4.69, 9.17) is 11.6 Å². The molecule has 0 radical (unpaired) electrons. The molecule has 1 aromatic rings. The van der Waals surface area contributed by atoms with Crippen LogP contribution < -0.4 is 4.72 Å². The fraction of sp³-hybridized carbons (Fsp3) is 0.533. The third kappa shape index (κ3) is 4.29. The summed E-state index contributed by atoms with van der Waals surface area (Å²) < 4.78 is 27.7. The van der Waals surface area contributed by atoms with Crippen molar-refractivity contribution in [2.45, 2.75) is 10.6 Å². The van der Waals surface area contributed by atoms with Crippen LogP contribution >= 0.6 is 23.4 Å². The number of benzene rings is 1. The van der Waals surface area contributed by atoms with Gasteiger partial charge < -0.3 is 14.9 Å². The van der Waals surface area contributed by atoms with Crippen LogP contribution in [0.25, 0.3) is 0 Å². The number of thioether (sulfide) groups is 1. The second kappa shape index (κ2) is 7.81. The molecular weight excluding hydrogens is 384 g/mol. The van der Waals surface area contributed by atoms with E-state index >= 15 is 0 Å². The Labute approximate surface area is 158 Å². The maximum absolute atomic E-state index is 12.6. The highest BCUT2D eigenvalue weighted by Crippen LogP contribution is 2.39. The van der Waals surface area contributed by atoms with Gasteiger partial charge in [0, 0.05) is 32.7 Å². The van der Waals surface area contributed by atoms with Crippen molar-refractivity contribution in [2.75, 3.05) is 47.0 Å². The van der Waals surface area contributed by atoms with Crippen LogP contribution in [0, 0.1) is 0 Å². The number of likely N-dealkylation sites (N-methyl/N-ethyl adjacent to an activating group) is 1. The van der Waals surface area contributed by atoms with E-state index < -0.39 is 15.7 Å². The van der Waals surface area contributed by atoms with Gasteiger partial charge in [-0.15, -0.1) is 0 Å². The minimum Gasteiger partial charge on any atom is -0.366 e. The Kier molecular flexibility index (Phi) is 6.40. The third-order valence-electron chi connectivity index (χ3n) is 3.97. The van der Waals surface area contributed by atoms with E-state index in [2.05, 4.69) is 9.71 Å². The Hall–Kier alpha value is -0.840. The molecule has 1 unspecified atom stereocenters. The summed E-state index contributed by atoms with van der Waals surface area (Å²) in [5, 5.41) is 11.8. The highest BCUT2D eigenvalue weighted by molar-refractivity contribution is 8.14. The number of amidine groups is 1. The Bertz CT molecular complexity index is 770. The maximum Gasteiger partial charge on any atom is 0.242 e. The Morgan fingerprint density at radius 3 is 2.72 bits per heavy atom. The van der Waals surface area contributed by atoms with Gasteiger partial charge in [0.2, 0.25) is 10.0 Å². The van der Waals surface area contributed by atoms with Crippen LogP contribution in [-0.2, 0) is 15.7 Å². The number of rotatable bonds is 6. The Balaban J connectivity index is 2.35. The lowest BCUT2D eigenvalue weighted by molar-refractivity contribution is -0.0349. The zero-order valence-corrected chi connectivity index (χ0v) is 17.0. The molecule has 7 nitrogen and oxygen atoms in total. The number of hydrogen-bond donors (Lipinski definition) is 2. The summed E-state index contributed by atoms with van der Waals surface area (Å²) in [5.74, 6) is 0.353. The highest BCUT2D eigenvalue weighted by Gasteiger charge is 2.43. The van der Waals surface area contributed by atoms with E-state index in [-0.39, 0.29) is 16.5 Å². The van der Waals surface area contributed by atoms with Crippen LogP contribution in [0.1, 0.15) is 5.56 Å². The predicted octanol–water partition coefficient (Wildman–Crippen LogP) is 0.989. The van der Waals surface area contributed by atoms with E-state index in [0.29, 0.717) is 23.0 Å². The van der Waals surface area contributed by atoms with Crippen molar-refractivity contribution >= 4 is 38.6 Å². The second-order valence-corrected chi connectivity index (χ2v) is 9.10. The van der Waals surface area contributed by atoms with E-state index in [0.717, 1.165) is 0 Å². The molecule has 0 aromatic heterocycles. The largest absolute Gasteiger partial charge is 0.366 e. The first-order chi connectivity index (χ1) is 11.6. The molecule has 0 aliphatic carbocycles. The number of aliphatic hydroxyl groups is 1. The topological polar surface area (TPSA) is 85.2 Å². The number of sulfonamides is 1. The van der Waals surface area contributed by atoms with Crippen LogP contribution in [0.2, 0.25) is 5.02 Å². The van der Waals surface area contributed by atoms with Crippen LogP contribution in [0.3, 0.4) is 0 Å². The summed E-state index contributed by atoms with van der Waals surface area (Å²) in [6.45, 7) is 0.832. The van der Waals surface area contributed by atoms with Gasteiger partial charge in [-0.1, -0.05) is 29.4 Å². The summed E-state index contributed by atoms with van der Waals surface area (Å²) in [6.07, 6.45) is 0. The van der Waals surface area contributed by atoms with Gasteiger partial charge in [-0.25, -0.2) is 13.1 Å². The molecule has 1 aliphatic heterocycles. The maximum atomic E-state index is 12.6. The van der Waals surface area contributed by atoms with Gasteiger partial charge in [0.1, 0.15) is 4.90 Å². The summed E-state index contributed by atoms with van der Waals surface area (Å²) >= 11 is 7.52. The summed E-state index contributed by atoms with van der Waals surface area (Å²) in [6, 6.07) is 4.56. The number of nitrogens with zero attached hydrogens (tertiary/aromatic N) is 3. The Morgan fingerprint density at radius 1 is 1.48 bits per heavy atom. The molecular formula is C15H23ClN4O3S2. The Morgan fingerprint density at radius 2 is 2.16 bits per heavy atom. The SMILES string of the molecule is CN=C1SCC(O)(c2ccc(Cl)c(S(=O)(=O)NCCN(C)C)c2)N1C. The average molecular weight is 407 g/mol. The summed E-state index contributed by atoms with van der Waals surface area (Å²) in [5.41, 5.74) is -0.878. The lowest BCUT2D eigenvalue weighted by Gasteiger charge is -2.31. The van der Waals surface area contributed by atoms with Crippen molar-refractivity contribution in [3.8, 4) is 0 Å². The van der Waals surface area contributed by atoms with Crippen molar-refractivity contribution in [2.24, 2.45) is 4.99 Å². The van der Waals surface area contributed by atoms with Gasteiger partial charge in [-0.2, -0.15) is 0 Å². The molecule has 1 saturated heterocycles. The molecule has 0 bridgehead atoms. The molecule has 2 rings (SSSR count). The molecule has 1 fully saturated rings. The summed E-state index contributed by atoms with van der Waals surface area (Å²) in [7, 11) is 3.31. The molecule has 1 aliphatic rings. The fourth-order valence-electron chi connectivity index (χ4n) is 2.45. The van der Waals surface area contributed by atoms with Gasteiger partial charge in [0.25, 0.3) is 0 Å². The van der Waals surface area contributed by atoms with Crippen molar-refractivity contribution < 1.29 is 13.5 Å². The van der Waals surface area contributed by atoms with Crippen molar-refractivity contribution in [1.82, 2.24) is 14.5 Å². The van der Waals surface area contributed by atoms with Gasteiger partial charge >= 0.3 is 0 Å². The number of nitrogens with one attached hydrogen (secondary N) is 1. The van der Waals surface area contributed by atoms with Crippen molar-refractivity contribution in [3.05, 3.63) is 28.8 Å². The molecule has 2 N–H and O–H groups in total.